The zero-order chi connectivity index (χ0) is 18.9. The smallest absolute Gasteiger partial charge is 0.876 e. The Hall–Kier alpha value is -0.946. The summed E-state index contributed by atoms with van der Waals surface area (Å²) in [7, 11) is 0. The fourth-order valence-corrected chi connectivity index (χ4v) is 0.572. The summed E-state index contributed by atoms with van der Waals surface area (Å²) in [6, 6.07) is 0. The Morgan fingerprint density at radius 2 is 0.826 bits per heavy atom. The van der Waals surface area contributed by atoms with E-state index in [0.29, 0.717) is 0 Å². The summed E-state index contributed by atoms with van der Waals surface area (Å²) in [5.41, 5.74) is 0. The van der Waals surface area contributed by atoms with Gasteiger partial charge in [0.15, 0.2) is 11.6 Å². The molecular weight excluding hydrogens is 336 g/mol. The zero-order valence-electron chi connectivity index (χ0n) is 15.3. The third kappa shape index (κ3) is 154. The van der Waals surface area contributed by atoms with Crippen molar-refractivity contribution in [2.24, 2.45) is 0 Å². The molecule has 0 spiro atoms. The Bertz CT molecular complexity index is 299. The summed E-state index contributed by atoms with van der Waals surface area (Å²) in [4.78, 5) is 20.0. The van der Waals surface area contributed by atoms with Crippen molar-refractivity contribution in [1.29, 1.82) is 0 Å². The van der Waals surface area contributed by atoms with Crippen LogP contribution < -0.4 is 20.4 Å². The Morgan fingerprint density at radius 1 is 0.696 bits per heavy atom. The normalized spacial score (nSPS) is 10.1. The van der Waals surface area contributed by atoms with E-state index >= 15 is 0 Å². The van der Waals surface area contributed by atoms with E-state index in [1.54, 1.807) is 27.7 Å². The molecule has 0 amide bonds. The van der Waals surface area contributed by atoms with Gasteiger partial charge in [0.25, 0.3) is 0 Å². The van der Waals surface area contributed by atoms with Crippen LogP contribution in [0.3, 0.4) is 0 Å². The van der Waals surface area contributed by atoms with Crippen molar-refractivity contribution in [2.45, 2.75) is 67.6 Å². The van der Waals surface area contributed by atoms with Gasteiger partial charge in [-0.05, 0) is 26.0 Å². The number of ketones is 2. The molecule has 0 aromatic rings. The molecule has 0 radical (unpaired) electrons. The first kappa shape index (κ1) is 33.6. The number of hydrogen-bond donors (Lipinski definition) is 0. The molecule has 0 saturated carbocycles. The van der Waals surface area contributed by atoms with E-state index in [-0.39, 0.29) is 44.8 Å². The monoisotopic (exact) mass is 364 g/mol. The second kappa shape index (κ2) is 23.3. The van der Waals surface area contributed by atoms with E-state index in [1.165, 1.54) is 27.7 Å². The van der Waals surface area contributed by atoms with Crippen molar-refractivity contribution < 1.29 is 51.7 Å². The molecule has 0 aromatic carbocycles. The topological polar surface area (TPSA) is 126 Å². The molecule has 0 unspecified atom stereocenters. The Balaban J connectivity index is -0.0000000639. The van der Waals surface area contributed by atoms with E-state index in [0.717, 1.165) is 12.2 Å². The second-order valence-electron chi connectivity index (χ2n) is 4.83. The number of carbonyl (C=O) groups excluding carboxylic acids is 2. The predicted octanol–water partition coefficient (Wildman–Crippen LogP) is -0.813. The van der Waals surface area contributed by atoms with Crippen molar-refractivity contribution in [3.05, 3.63) is 23.7 Å². The van der Waals surface area contributed by atoms with Crippen molar-refractivity contribution in [3.63, 3.8) is 0 Å². The van der Waals surface area contributed by atoms with Gasteiger partial charge < -0.3 is 20.4 Å². The van der Waals surface area contributed by atoms with Crippen molar-refractivity contribution in [2.75, 3.05) is 0 Å². The molecule has 0 heterocycles. The van der Waals surface area contributed by atoms with Crippen LogP contribution in [0.5, 0.6) is 0 Å². The summed E-state index contributed by atoms with van der Waals surface area (Å²) < 4.78 is 0. The molecule has 132 valence electrons. The second-order valence-corrected chi connectivity index (χ2v) is 4.83. The predicted molar refractivity (Wildman–Crippen MR) is 79.1 cm³/mol. The third-order valence-corrected chi connectivity index (χ3v) is 0.813. The molecule has 0 saturated heterocycles. The maximum absolute atomic E-state index is 9.98. The fourth-order valence-electron chi connectivity index (χ4n) is 0.572. The Labute approximate surface area is 154 Å². The van der Waals surface area contributed by atoms with Gasteiger partial charge in [0, 0.05) is 0 Å². The number of allylic oxidation sites excluding steroid dienone is 4. The first-order chi connectivity index (χ1) is 9.72. The SMILES string of the molecule is CC(=O)/C=C(/C)[O-].CC(=O)/C=C(\C)[O-].CC(C)[O-].CC(C)[O-].[Ti+4]. The van der Waals surface area contributed by atoms with Crippen LogP contribution in [0.2, 0.25) is 0 Å². The number of hydrogen-bond acceptors (Lipinski definition) is 6. The molecule has 0 rings (SSSR count). The third-order valence-electron chi connectivity index (χ3n) is 0.813. The van der Waals surface area contributed by atoms with Crippen LogP contribution in [0.15, 0.2) is 23.7 Å². The number of rotatable bonds is 2. The van der Waals surface area contributed by atoms with E-state index in [2.05, 4.69) is 0 Å². The van der Waals surface area contributed by atoms with E-state index < -0.39 is 12.2 Å². The minimum Gasteiger partial charge on any atom is -0.876 e. The van der Waals surface area contributed by atoms with Gasteiger partial charge in [0.05, 0.1) is 0 Å². The van der Waals surface area contributed by atoms with Crippen LogP contribution in [0.25, 0.3) is 0 Å². The molecule has 0 aliphatic heterocycles. The average Bonchev–Trinajstić information content (AvgIpc) is 2.10. The summed E-state index contributed by atoms with van der Waals surface area (Å²) >= 11 is 0. The van der Waals surface area contributed by atoms with Crippen LogP contribution in [0.4, 0.5) is 0 Å². The first-order valence-corrected chi connectivity index (χ1v) is 6.75. The molecule has 6 nitrogen and oxygen atoms in total. The van der Waals surface area contributed by atoms with Gasteiger partial charge in [0.2, 0.25) is 0 Å². The van der Waals surface area contributed by atoms with Crippen LogP contribution >= 0.6 is 0 Å². The fraction of sp³-hybridized carbons (Fsp3) is 0.625. The molecule has 0 N–H and O–H groups in total. The zero-order valence-corrected chi connectivity index (χ0v) is 16.8. The summed E-state index contributed by atoms with van der Waals surface area (Å²) in [5.74, 6) is -0.750. The minimum absolute atomic E-state index is 0. The minimum atomic E-state index is -0.417. The van der Waals surface area contributed by atoms with Crippen LogP contribution in [-0.2, 0) is 31.3 Å². The van der Waals surface area contributed by atoms with Crippen LogP contribution in [0, 0.1) is 0 Å². The molecular formula is C16H28O6Ti. The maximum atomic E-state index is 9.98. The van der Waals surface area contributed by atoms with Gasteiger partial charge in [-0.15, -0.1) is 23.7 Å². The summed E-state index contributed by atoms with van der Waals surface area (Å²) in [5, 5.41) is 39.0. The Morgan fingerprint density at radius 3 is 0.826 bits per heavy atom. The molecule has 0 fully saturated rings. The average molecular weight is 364 g/mol. The Kier molecular flexibility index (Phi) is 34.1. The van der Waals surface area contributed by atoms with Crippen molar-refractivity contribution in [1.82, 2.24) is 0 Å². The first-order valence-electron chi connectivity index (χ1n) is 6.75. The maximum Gasteiger partial charge on any atom is 4.00 e. The van der Waals surface area contributed by atoms with E-state index in [4.69, 9.17) is 0 Å². The van der Waals surface area contributed by atoms with Crippen LogP contribution in [-0.4, -0.2) is 23.8 Å². The molecule has 0 bridgehead atoms. The molecule has 0 atom stereocenters. The largest absolute Gasteiger partial charge is 4.00 e. The van der Waals surface area contributed by atoms with Crippen molar-refractivity contribution >= 4 is 11.6 Å². The quantitative estimate of drug-likeness (QED) is 0.358. The van der Waals surface area contributed by atoms with Gasteiger partial charge in [-0.2, -0.15) is 0 Å². The standard InChI is InChI=1S/2C5H8O2.2C3H7O.Ti/c2*1-4(6)3-5(2)7;2*1-3(2)4;/h2*3,6H,1-2H3;2*3H,1-2H3;/q;;2*-1;+4/p-2/b4-3+;4-3-;;;. The molecule has 23 heavy (non-hydrogen) atoms. The van der Waals surface area contributed by atoms with Gasteiger partial charge in [-0.1, -0.05) is 41.5 Å². The number of carbonyl (C=O) groups is 2. The molecule has 0 aliphatic rings. The van der Waals surface area contributed by atoms with Crippen LogP contribution in [0.1, 0.15) is 55.4 Å². The molecule has 0 aliphatic carbocycles. The van der Waals surface area contributed by atoms with Gasteiger partial charge in [-0.25, -0.2) is 0 Å². The van der Waals surface area contributed by atoms with E-state index in [9.17, 15) is 30.0 Å². The summed E-state index contributed by atoms with van der Waals surface area (Å²) in [6.45, 7) is 11.8. The van der Waals surface area contributed by atoms with Gasteiger partial charge in [0.1, 0.15) is 0 Å². The summed E-state index contributed by atoms with van der Waals surface area (Å²) in [6.07, 6.45) is 1.28. The van der Waals surface area contributed by atoms with E-state index in [1.807, 2.05) is 0 Å². The van der Waals surface area contributed by atoms with Gasteiger partial charge in [-0.3, -0.25) is 9.59 Å². The van der Waals surface area contributed by atoms with Gasteiger partial charge >= 0.3 is 21.7 Å². The molecule has 7 heteroatoms. The van der Waals surface area contributed by atoms with Crippen molar-refractivity contribution in [3.8, 4) is 0 Å². The molecule has 0 aromatic heterocycles.